The van der Waals surface area contributed by atoms with Crippen LogP contribution in [-0.4, -0.2) is 26.4 Å². The Labute approximate surface area is 245 Å². The summed E-state index contributed by atoms with van der Waals surface area (Å²) in [7, 11) is 0. The molecule has 0 fully saturated rings. The van der Waals surface area contributed by atoms with Crippen molar-refractivity contribution in [2.75, 3.05) is 26.4 Å². The van der Waals surface area contributed by atoms with E-state index in [-0.39, 0.29) is 0 Å². The largest absolute Gasteiger partial charge is 0.491 e. The van der Waals surface area contributed by atoms with E-state index in [2.05, 4.69) is 50.6 Å². The van der Waals surface area contributed by atoms with Crippen molar-refractivity contribution in [3.8, 4) is 32.8 Å². The molecule has 0 N–H and O–H groups in total. The Bertz CT molecular complexity index is 1280. The van der Waals surface area contributed by atoms with Crippen LogP contribution in [0.25, 0.3) is 29.9 Å². The first-order valence-corrected chi connectivity index (χ1v) is 17.4. The molecular formula is C32H42O4S3. The van der Waals surface area contributed by atoms with Gasteiger partial charge in [0.15, 0.2) is 11.5 Å². The van der Waals surface area contributed by atoms with Crippen molar-refractivity contribution in [3.05, 3.63) is 22.9 Å². The van der Waals surface area contributed by atoms with Crippen LogP contribution in [0.15, 0.2) is 22.9 Å². The van der Waals surface area contributed by atoms with Crippen LogP contribution < -0.4 is 18.9 Å². The lowest BCUT2D eigenvalue weighted by Gasteiger charge is -2.19. The monoisotopic (exact) mass is 586 g/mol. The summed E-state index contributed by atoms with van der Waals surface area (Å²) in [4.78, 5) is 2.32. The molecule has 0 bridgehead atoms. The molecule has 0 radical (unpaired) electrons. The first-order valence-electron chi connectivity index (χ1n) is 14.8. The number of hydrogen-bond acceptors (Lipinski definition) is 7. The molecule has 0 amide bonds. The number of benzene rings is 1. The highest BCUT2D eigenvalue weighted by molar-refractivity contribution is 7.26. The molecule has 1 aromatic carbocycles. The van der Waals surface area contributed by atoms with Gasteiger partial charge in [-0.3, -0.25) is 0 Å². The van der Waals surface area contributed by atoms with Gasteiger partial charge in [0.25, 0.3) is 0 Å². The van der Waals surface area contributed by atoms with E-state index < -0.39 is 0 Å². The van der Waals surface area contributed by atoms with E-state index in [9.17, 15) is 0 Å². The maximum Gasteiger partial charge on any atom is 0.180 e. The van der Waals surface area contributed by atoms with E-state index in [1.807, 2.05) is 0 Å². The van der Waals surface area contributed by atoms with Crippen LogP contribution >= 0.6 is 34.0 Å². The van der Waals surface area contributed by atoms with Gasteiger partial charge in [0.2, 0.25) is 0 Å². The number of fused-ring (bicyclic) bond motifs is 3. The summed E-state index contributed by atoms with van der Waals surface area (Å²) in [5, 5.41) is 6.58. The number of thiophene rings is 3. The standard InChI is InChI=1S/C32H42O4S3/c1-5-9-11-21(7-3)18-35-27-23-13-16-37-30(23)28(36-19-22(8-4)12-10-6-2)24-17-26(39-31(24)27)32-29-25(20-38-32)33-14-15-34-29/h13,16-17,20-22H,5-12,14-15,18-19H2,1-4H3. The van der Waals surface area contributed by atoms with E-state index >= 15 is 0 Å². The van der Waals surface area contributed by atoms with Gasteiger partial charge in [-0.25, -0.2) is 0 Å². The molecule has 4 heterocycles. The molecule has 7 heteroatoms. The lowest BCUT2D eigenvalue weighted by molar-refractivity contribution is 0.174. The Balaban J connectivity index is 1.57. The maximum absolute atomic E-state index is 6.75. The van der Waals surface area contributed by atoms with E-state index in [0.29, 0.717) is 25.0 Å². The molecule has 2 atom stereocenters. The van der Waals surface area contributed by atoms with Gasteiger partial charge in [0, 0.05) is 21.0 Å². The van der Waals surface area contributed by atoms with Gasteiger partial charge < -0.3 is 18.9 Å². The van der Waals surface area contributed by atoms with E-state index in [1.54, 1.807) is 34.0 Å². The predicted molar refractivity (Wildman–Crippen MR) is 169 cm³/mol. The van der Waals surface area contributed by atoms with Crippen LogP contribution in [0.5, 0.6) is 23.0 Å². The maximum atomic E-state index is 6.75. The third kappa shape index (κ3) is 6.20. The van der Waals surface area contributed by atoms with Gasteiger partial charge in [0.05, 0.1) is 27.5 Å². The van der Waals surface area contributed by atoms with Crippen molar-refractivity contribution >= 4 is 54.2 Å². The highest BCUT2D eigenvalue weighted by atomic mass is 32.1. The molecule has 3 aromatic heterocycles. The van der Waals surface area contributed by atoms with E-state index in [1.165, 1.54) is 58.2 Å². The fourth-order valence-corrected chi connectivity index (χ4v) is 8.39. The molecule has 1 aliphatic rings. The summed E-state index contributed by atoms with van der Waals surface area (Å²) < 4.78 is 27.8. The molecular weight excluding hydrogens is 545 g/mol. The summed E-state index contributed by atoms with van der Waals surface area (Å²) >= 11 is 5.25. The molecule has 4 aromatic rings. The molecule has 2 unspecified atom stereocenters. The Morgan fingerprint density at radius 3 is 2.15 bits per heavy atom. The minimum absolute atomic E-state index is 0.572. The first-order chi connectivity index (χ1) is 19.2. The van der Waals surface area contributed by atoms with E-state index in [4.69, 9.17) is 18.9 Å². The van der Waals surface area contributed by atoms with Crippen LogP contribution in [-0.2, 0) is 0 Å². The van der Waals surface area contributed by atoms with Crippen LogP contribution in [0.4, 0.5) is 0 Å². The minimum Gasteiger partial charge on any atom is -0.491 e. The Morgan fingerprint density at radius 2 is 1.49 bits per heavy atom. The van der Waals surface area contributed by atoms with Gasteiger partial charge in [0.1, 0.15) is 24.7 Å². The zero-order valence-electron chi connectivity index (χ0n) is 23.8. The molecule has 5 rings (SSSR count). The summed E-state index contributed by atoms with van der Waals surface area (Å²) in [6, 6.07) is 4.51. The van der Waals surface area contributed by atoms with E-state index in [0.717, 1.165) is 59.3 Å². The summed E-state index contributed by atoms with van der Waals surface area (Å²) in [5.74, 6) is 4.91. The summed E-state index contributed by atoms with van der Waals surface area (Å²) in [6.45, 7) is 11.8. The lowest BCUT2D eigenvalue weighted by atomic mass is 10.0. The van der Waals surface area contributed by atoms with Crippen molar-refractivity contribution in [1.82, 2.24) is 0 Å². The highest BCUT2D eigenvalue weighted by Gasteiger charge is 2.26. The normalized spacial score (nSPS) is 14.7. The SMILES string of the molecule is CCCCC(CC)COc1c2cc(-c3scc4c3OCCO4)sc2c(OCC(CC)CCCC)c2ccsc12. The number of hydrogen-bond donors (Lipinski definition) is 0. The topological polar surface area (TPSA) is 36.9 Å². The molecule has 0 saturated carbocycles. The molecule has 0 spiro atoms. The molecule has 0 saturated heterocycles. The van der Waals surface area contributed by atoms with Crippen molar-refractivity contribution < 1.29 is 18.9 Å². The van der Waals surface area contributed by atoms with Crippen molar-refractivity contribution in [2.45, 2.75) is 79.1 Å². The predicted octanol–water partition coefficient (Wildman–Crippen LogP) is 10.8. The average molecular weight is 587 g/mol. The van der Waals surface area contributed by atoms with Gasteiger partial charge >= 0.3 is 0 Å². The van der Waals surface area contributed by atoms with Gasteiger partial charge in [-0.05, 0) is 42.2 Å². The van der Waals surface area contributed by atoms with Crippen molar-refractivity contribution in [3.63, 3.8) is 0 Å². The molecule has 4 nitrogen and oxygen atoms in total. The molecule has 39 heavy (non-hydrogen) atoms. The number of unbranched alkanes of at least 4 members (excludes halogenated alkanes) is 2. The quantitative estimate of drug-likeness (QED) is 0.139. The van der Waals surface area contributed by atoms with Crippen LogP contribution in [0.3, 0.4) is 0 Å². The summed E-state index contributed by atoms with van der Waals surface area (Å²) in [6.07, 6.45) is 9.67. The van der Waals surface area contributed by atoms with Crippen molar-refractivity contribution in [1.29, 1.82) is 0 Å². The highest BCUT2D eigenvalue weighted by Crippen LogP contribution is 2.54. The van der Waals surface area contributed by atoms with Gasteiger partial charge in [-0.1, -0.05) is 66.2 Å². The van der Waals surface area contributed by atoms with Gasteiger partial charge in [-0.2, -0.15) is 0 Å². The minimum atomic E-state index is 0.572. The number of rotatable bonds is 15. The zero-order chi connectivity index (χ0) is 27.2. The fourth-order valence-electron chi connectivity index (χ4n) is 5.27. The van der Waals surface area contributed by atoms with Crippen LogP contribution in [0.2, 0.25) is 0 Å². The smallest absolute Gasteiger partial charge is 0.180 e. The molecule has 212 valence electrons. The molecule has 0 aliphatic carbocycles. The fraction of sp³-hybridized carbons (Fsp3) is 0.562. The zero-order valence-corrected chi connectivity index (χ0v) is 26.3. The van der Waals surface area contributed by atoms with Gasteiger partial charge in [-0.15, -0.1) is 34.0 Å². The second kappa shape index (κ2) is 13.6. The van der Waals surface area contributed by atoms with Crippen LogP contribution in [0.1, 0.15) is 79.1 Å². The molecule has 1 aliphatic heterocycles. The van der Waals surface area contributed by atoms with Crippen molar-refractivity contribution in [2.24, 2.45) is 11.8 Å². The Kier molecular flexibility index (Phi) is 9.96. The number of ether oxygens (including phenoxy) is 4. The Hall–Kier alpha value is -1.96. The Morgan fingerprint density at radius 1 is 0.821 bits per heavy atom. The lowest BCUT2D eigenvalue weighted by Crippen LogP contribution is -2.14. The third-order valence-corrected chi connectivity index (χ3v) is 11.0. The third-order valence-electron chi connectivity index (χ3n) is 7.84. The van der Waals surface area contributed by atoms with Crippen LogP contribution in [0, 0.1) is 11.8 Å². The second-order valence-corrected chi connectivity index (χ2v) is 13.4. The second-order valence-electron chi connectivity index (χ2n) is 10.6. The summed E-state index contributed by atoms with van der Waals surface area (Å²) in [5.41, 5.74) is 0. The average Bonchev–Trinajstić information content (AvgIpc) is 3.72. The first kappa shape index (κ1) is 28.6.